The van der Waals surface area contributed by atoms with E-state index in [0.717, 1.165) is 6.61 Å². The Hall–Kier alpha value is -0.603. The number of hydrogen-bond acceptors (Lipinski definition) is 1. The van der Waals surface area contributed by atoms with Crippen molar-refractivity contribution >= 4 is 13.5 Å². The molecule has 84 valence electrons. The average Bonchev–Trinajstić information content (AvgIpc) is 2.27. The van der Waals surface area contributed by atoms with Crippen LogP contribution < -0.4 is 5.19 Å². The van der Waals surface area contributed by atoms with Crippen molar-refractivity contribution in [3.8, 4) is 0 Å². The Morgan fingerprint density at radius 1 is 1.00 bits per heavy atom. The topological polar surface area (TPSA) is 9.23 Å². The maximum Gasteiger partial charge on any atom is 0.223 e. The fourth-order valence-corrected chi connectivity index (χ4v) is 5.30. The molecule has 0 saturated carbocycles. The SMILES string of the molecule is CCO[Si](CC)(CC)c1ccc(C)cc1. The largest absolute Gasteiger partial charge is 0.413 e. The first-order valence-electron chi connectivity index (χ1n) is 5.89. The molecule has 1 nitrogen and oxygen atoms in total. The van der Waals surface area contributed by atoms with Gasteiger partial charge in [-0.05, 0) is 31.1 Å². The fraction of sp³-hybridized carbons (Fsp3) is 0.538. The standard InChI is InChI=1S/C13H22OSi/c1-5-14-15(6-2,7-3)13-10-8-12(4)9-11-13/h8-11H,5-7H2,1-4H3. The molecule has 0 radical (unpaired) electrons. The molecule has 0 saturated heterocycles. The first-order chi connectivity index (χ1) is 7.18. The summed E-state index contributed by atoms with van der Waals surface area (Å²) >= 11 is 0. The molecule has 2 heteroatoms. The van der Waals surface area contributed by atoms with Crippen molar-refractivity contribution in [1.82, 2.24) is 0 Å². The van der Waals surface area contributed by atoms with Gasteiger partial charge in [0.15, 0.2) is 0 Å². The lowest BCUT2D eigenvalue weighted by atomic mass is 10.2. The van der Waals surface area contributed by atoms with Gasteiger partial charge in [-0.25, -0.2) is 0 Å². The van der Waals surface area contributed by atoms with Crippen molar-refractivity contribution in [2.45, 2.75) is 39.8 Å². The predicted octanol–water partition coefficient (Wildman–Crippen LogP) is 3.22. The Kier molecular flexibility index (Phi) is 4.55. The van der Waals surface area contributed by atoms with Crippen LogP contribution in [0.25, 0.3) is 0 Å². The lowest BCUT2D eigenvalue weighted by Crippen LogP contribution is -2.49. The van der Waals surface area contributed by atoms with Gasteiger partial charge in [0.05, 0.1) is 0 Å². The highest BCUT2D eigenvalue weighted by Gasteiger charge is 2.32. The molecule has 0 fully saturated rings. The van der Waals surface area contributed by atoms with Crippen LogP contribution in [-0.4, -0.2) is 14.9 Å². The van der Waals surface area contributed by atoms with Crippen LogP contribution in [0.5, 0.6) is 0 Å². The van der Waals surface area contributed by atoms with Gasteiger partial charge in [-0.15, -0.1) is 0 Å². The highest BCUT2D eigenvalue weighted by Crippen LogP contribution is 2.17. The van der Waals surface area contributed by atoms with Gasteiger partial charge >= 0.3 is 0 Å². The second-order valence-electron chi connectivity index (χ2n) is 4.00. The summed E-state index contributed by atoms with van der Waals surface area (Å²) in [4.78, 5) is 0. The van der Waals surface area contributed by atoms with Gasteiger partial charge in [-0.2, -0.15) is 0 Å². The van der Waals surface area contributed by atoms with E-state index in [0.29, 0.717) is 0 Å². The Morgan fingerprint density at radius 3 is 1.93 bits per heavy atom. The average molecular weight is 222 g/mol. The number of rotatable bonds is 5. The van der Waals surface area contributed by atoms with Crippen molar-refractivity contribution in [2.24, 2.45) is 0 Å². The maximum absolute atomic E-state index is 6.09. The Bertz CT molecular complexity index is 288. The van der Waals surface area contributed by atoms with Gasteiger partial charge < -0.3 is 4.43 Å². The summed E-state index contributed by atoms with van der Waals surface area (Å²) in [7, 11) is -1.64. The van der Waals surface area contributed by atoms with E-state index < -0.39 is 8.32 Å². The molecule has 0 unspecified atom stereocenters. The maximum atomic E-state index is 6.09. The van der Waals surface area contributed by atoms with E-state index in [4.69, 9.17) is 4.43 Å². The summed E-state index contributed by atoms with van der Waals surface area (Å²) in [6.07, 6.45) is 0. The minimum atomic E-state index is -1.64. The zero-order valence-corrected chi connectivity index (χ0v) is 11.3. The lowest BCUT2D eigenvalue weighted by molar-refractivity contribution is 0.330. The van der Waals surface area contributed by atoms with Crippen LogP contribution in [0.15, 0.2) is 24.3 Å². The van der Waals surface area contributed by atoms with Gasteiger partial charge in [0, 0.05) is 6.61 Å². The first-order valence-corrected chi connectivity index (χ1v) is 8.22. The summed E-state index contributed by atoms with van der Waals surface area (Å²) in [6, 6.07) is 11.2. The first kappa shape index (κ1) is 12.5. The molecule has 0 bridgehead atoms. The predicted molar refractivity (Wildman–Crippen MR) is 69.2 cm³/mol. The summed E-state index contributed by atoms with van der Waals surface area (Å²) < 4.78 is 6.09. The molecule has 0 N–H and O–H groups in total. The normalized spacial score (nSPS) is 11.7. The lowest BCUT2D eigenvalue weighted by Gasteiger charge is -2.29. The molecule has 0 aliphatic heterocycles. The molecule has 1 aromatic carbocycles. The molecule has 0 amide bonds. The van der Waals surface area contributed by atoms with E-state index >= 15 is 0 Å². The molecular formula is C13H22OSi. The van der Waals surface area contributed by atoms with E-state index in [1.54, 1.807) is 0 Å². The van der Waals surface area contributed by atoms with Crippen LogP contribution in [-0.2, 0) is 4.43 Å². The van der Waals surface area contributed by atoms with Crippen LogP contribution in [0.3, 0.4) is 0 Å². The highest BCUT2D eigenvalue weighted by molar-refractivity contribution is 6.86. The third kappa shape index (κ3) is 2.70. The number of aryl methyl sites for hydroxylation is 1. The van der Waals surface area contributed by atoms with Gasteiger partial charge in [-0.3, -0.25) is 0 Å². The molecule has 0 heterocycles. The number of benzene rings is 1. The fourth-order valence-electron chi connectivity index (χ4n) is 2.08. The molecule has 0 atom stereocenters. The van der Waals surface area contributed by atoms with Crippen LogP contribution in [0.1, 0.15) is 26.3 Å². The molecule has 0 aliphatic rings. The van der Waals surface area contributed by atoms with E-state index in [1.807, 2.05) is 0 Å². The monoisotopic (exact) mass is 222 g/mol. The minimum Gasteiger partial charge on any atom is -0.413 e. The molecule has 1 rings (SSSR count). The highest BCUT2D eigenvalue weighted by atomic mass is 28.4. The van der Waals surface area contributed by atoms with Crippen molar-refractivity contribution in [3.63, 3.8) is 0 Å². The van der Waals surface area contributed by atoms with Gasteiger partial charge in [0.25, 0.3) is 0 Å². The Labute approximate surface area is 94.6 Å². The zero-order chi connectivity index (χ0) is 11.3. The third-order valence-electron chi connectivity index (χ3n) is 3.14. The summed E-state index contributed by atoms with van der Waals surface area (Å²) in [6.45, 7) is 9.57. The summed E-state index contributed by atoms with van der Waals surface area (Å²) in [5.74, 6) is 0. The minimum absolute atomic E-state index is 0.835. The van der Waals surface area contributed by atoms with Gasteiger partial charge in [0.1, 0.15) is 0 Å². The molecule has 0 spiro atoms. The Balaban J connectivity index is 3.02. The third-order valence-corrected chi connectivity index (χ3v) is 7.65. The van der Waals surface area contributed by atoms with Crippen LogP contribution in [0.2, 0.25) is 12.1 Å². The second kappa shape index (κ2) is 5.47. The van der Waals surface area contributed by atoms with Crippen molar-refractivity contribution in [1.29, 1.82) is 0 Å². The van der Waals surface area contributed by atoms with E-state index in [2.05, 4.69) is 52.0 Å². The van der Waals surface area contributed by atoms with Gasteiger partial charge in [0.2, 0.25) is 8.32 Å². The molecule has 15 heavy (non-hydrogen) atoms. The van der Waals surface area contributed by atoms with Crippen molar-refractivity contribution in [2.75, 3.05) is 6.61 Å². The summed E-state index contributed by atoms with van der Waals surface area (Å²) in [5.41, 5.74) is 1.32. The van der Waals surface area contributed by atoms with E-state index in [-0.39, 0.29) is 0 Å². The van der Waals surface area contributed by atoms with Crippen molar-refractivity contribution < 1.29 is 4.43 Å². The van der Waals surface area contributed by atoms with Crippen LogP contribution in [0, 0.1) is 6.92 Å². The van der Waals surface area contributed by atoms with Crippen LogP contribution >= 0.6 is 0 Å². The van der Waals surface area contributed by atoms with E-state index in [9.17, 15) is 0 Å². The smallest absolute Gasteiger partial charge is 0.223 e. The zero-order valence-electron chi connectivity index (χ0n) is 10.3. The number of hydrogen-bond donors (Lipinski definition) is 0. The Morgan fingerprint density at radius 2 is 1.53 bits per heavy atom. The molecular weight excluding hydrogens is 200 g/mol. The van der Waals surface area contributed by atoms with Crippen molar-refractivity contribution in [3.05, 3.63) is 29.8 Å². The molecule has 0 aliphatic carbocycles. The quantitative estimate of drug-likeness (QED) is 0.695. The van der Waals surface area contributed by atoms with Gasteiger partial charge in [-0.1, -0.05) is 43.7 Å². The summed E-state index contributed by atoms with van der Waals surface area (Å²) in [5, 5.41) is 1.44. The molecule has 0 aromatic heterocycles. The van der Waals surface area contributed by atoms with E-state index in [1.165, 1.54) is 22.8 Å². The second-order valence-corrected chi connectivity index (χ2v) is 8.27. The molecule has 1 aromatic rings. The van der Waals surface area contributed by atoms with Crippen LogP contribution in [0.4, 0.5) is 0 Å².